The van der Waals surface area contributed by atoms with E-state index in [9.17, 15) is 5.11 Å². The zero-order valence-corrected chi connectivity index (χ0v) is 16.3. The normalized spacial score (nSPS) is 14.1. The number of hydrogen-bond donors (Lipinski definition) is 1. The number of allylic oxidation sites excluding steroid dienone is 2. The summed E-state index contributed by atoms with van der Waals surface area (Å²) < 4.78 is 21.6. The van der Waals surface area contributed by atoms with Crippen molar-refractivity contribution in [2.75, 3.05) is 28.4 Å². The summed E-state index contributed by atoms with van der Waals surface area (Å²) in [5, 5.41) is 10.2. The summed E-state index contributed by atoms with van der Waals surface area (Å²) >= 11 is 0. The highest BCUT2D eigenvalue weighted by Gasteiger charge is 2.21. The number of phenols is 1. The van der Waals surface area contributed by atoms with Gasteiger partial charge in [0.05, 0.1) is 28.4 Å². The molecule has 0 spiro atoms. The molecular formula is C22H26O5. The molecule has 1 aliphatic carbocycles. The van der Waals surface area contributed by atoms with Gasteiger partial charge < -0.3 is 24.1 Å². The highest BCUT2D eigenvalue weighted by molar-refractivity contribution is 5.92. The Balaban J connectivity index is 2.16. The standard InChI is InChI=1S/C22H26O5/c1-24-19-10-9-14(11-18(19)23)16-7-5-6-8-17(16)15-12-20(25-2)22(27-4)21(13-15)26-3/h9-13,23H,5-8H2,1-4H3. The SMILES string of the molecule is COc1ccc(C2=C(c3cc(OC)c(OC)c(OC)c3)CCCC2)cc1O. The maximum atomic E-state index is 10.2. The molecule has 3 rings (SSSR count). The van der Waals surface area contributed by atoms with Gasteiger partial charge in [-0.05, 0) is 72.2 Å². The molecule has 1 N–H and O–H groups in total. The minimum atomic E-state index is 0.150. The predicted molar refractivity (Wildman–Crippen MR) is 106 cm³/mol. The molecule has 0 fully saturated rings. The van der Waals surface area contributed by atoms with Crippen LogP contribution < -0.4 is 18.9 Å². The largest absolute Gasteiger partial charge is 0.504 e. The Labute approximate surface area is 160 Å². The van der Waals surface area contributed by atoms with Crippen LogP contribution in [0.4, 0.5) is 0 Å². The van der Waals surface area contributed by atoms with Gasteiger partial charge in [0.1, 0.15) is 0 Å². The summed E-state index contributed by atoms with van der Waals surface area (Å²) in [6, 6.07) is 9.56. The third kappa shape index (κ3) is 3.68. The van der Waals surface area contributed by atoms with Gasteiger partial charge in [-0.2, -0.15) is 0 Å². The molecule has 27 heavy (non-hydrogen) atoms. The second-order valence-corrected chi connectivity index (χ2v) is 6.46. The molecule has 0 aromatic heterocycles. The molecule has 0 unspecified atom stereocenters. The first-order valence-electron chi connectivity index (χ1n) is 9.02. The van der Waals surface area contributed by atoms with Crippen LogP contribution in [-0.4, -0.2) is 33.5 Å². The van der Waals surface area contributed by atoms with Crippen LogP contribution in [0.15, 0.2) is 30.3 Å². The van der Waals surface area contributed by atoms with E-state index in [1.54, 1.807) is 40.6 Å². The highest BCUT2D eigenvalue weighted by atomic mass is 16.5. The lowest BCUT2D eigenvalue weighted by molar-refractivity contribution is 0.324. The van der Waals surface area contributed by atoms with E-state index in [2.05, 4.69) is 0 Å². The molecule has 0 heterocycles. The van der Waals surface area contributed by atoms with E-state index in [-0.39, 0.29) is 5.75 Å². The van der Waals surface area contributed by atoms with Gasteiger partial charge in [-0.1, -0.05) is 6.07 Å². The molecule has 0 saturated heterocycles. The van der Waals surface area contributed by atoms with Crippen LogP contribution in [0.2, 0.25) is 0 Å². The summed E-state index contributed by atoms with van der Waals surface area (Å²) in [5.74, 6) is 2.49. The van der Waals surface area contributed by atoms with Crippen molar-refractivity contribution in [3.8, 4) is 28.7 Å². The number of hydrogen-bond acceptors (Lipinski definition) is 5. The van der Waals surface area contributed by atoms with Gasteiger partial charge in [0.15, 0.2) is 23.0 Å². The summed E-state index contributed by atoms with van der Waals surface area (Å²) in [6.45, 7) is 0. The number of benzene rings is 2. The lowest BCUT2D eigenvalue weighted by Crippen LogP contribution is -2.02. The van der Waals surface area contributed by atoms with E-state index in [0.29, 0.717) is 23.0 Å². The average Bonchev–Trinajstić information content (AvgIpc) is 2.72. The van der Waals surface area contributed by atoms with E-state index in [1.807, 2.05) is 18.2 Å². The van der Waals surface area contributed by atoms with Gasteiger partial charge in [-0.25, -0.2) is 0 Å². The molecule has 1 aliphatic rings. The Morgan fingerprint density at radius 3 is 1.70 bits per heavy atom. The third-order valence-electron chi connectivity index (χ3n) is 5.01. The highest BCUT2D eigenvalue weighted by Crippen LogP contribution is 2.45. The maximum absolute atomic E-state index is 10.2. The second-order valence-electron chi connectivity index (χ2n) is 6.46. The Morgan fingerprint density at radius 2 is 1.22 bits per heavy atom. The topological polar surface area (TPSA) is 57.2 Å². The molecule has 5 heteroatoms. The molecule has 144 valence electrons. The summed E-state index contributed by atoms with van der Waals surface area (Å²) in [6.07, 6.45) is 4.16. The molecule has 0 radical (unpaired) electrons. The van der Waals surface area contributed by atoms with Gasteiger partial charge >= 0.3 is 0 Å². The fourth-order valence-corrected chi connectivity index (χ4v) is 3.68. The van der Waals surface area contributed by atoms with Crippen LogP contribution in [0.25, 0.3) is 11.1 Å². The van der Waals surface area contributed by atoms with Crippen LogP contribution in [-0.2, 0) is 0 Å². The second kappa shape index (κ2) is 8.25. The molecule has 0 aliphatic heterocycles. The summed E-state index contributed by atoms with van der Waals surface area (Å²) in [5.41, 5.74) is 4.53. The van der Waals surface area contributed by atoms with Crippen LogP contribution in [0.3, 0.4) is 0 Å². The van der Waals surface area contributed by atoms with E-state index in [4.69, 9.17) is 18.9 Å². The van der Waals surface area contributed by atoms with E-state index < -0.39 is 0 Å². The van der Waals surface area contributed by atoms with Crippen LogP contribution >= 0.6 is 0 Å². The van der Waals surface area contributed by atoms with Crippen molar-refractivity contribution in [3.05, 3.63) is 41.5 Å². The molecular weight excluding hydrogens is 344 g/mol. The van der Waals surface area contributed by atoms with Crippen molar-refractivity contribution in [2.24, 2.45) is 0 Å². The van der Waals surface area contributed by atoms with Crippen LogP contribution in [0.1, 0.15) is 36.8 Å². The van der Waals surface area contributed by atoms with E-state index >= 15 is 0 Å². The van der Waals surface area contributed by atoms with Gasteiger partial charge in [-0.15, -0.1) is 0 Å². The molecule has 0 saturated carbocycles. The van der Waals surface area contributed by atoms with Gasteiger partial charge in [-0.3, -0.25) is 0 Å². The minimum absolute atomic E-state index is 0.150. The fourth-order valence-electron chi connectivity index (χ4n) is 3.68. The zero-order chi connectivity index (χ0) is 19.4. The van der Waals surface area contributed by atoms with Gasteiger partial charge in [0.25, 0.3) is 0 Å². The Bertz CT molecular complexity index is 829. The Kier molecular flexibility index (Phi) is 5.79. The minimum Gasteiger partial charge on any atom is -0.504 e. The molecule has 2 aromatic carbocycles. The number of methoxy groups -OCH3 is 4. The number of ether oxygens (including phenoxy) is 4. The first-order valence-corrected chi connectivity index (χ1v) is 9.02. The first-order chi connectivity index (χ1) is 13.1. The number of rotatable bonds is 6. The lowest BCUT2D eigenvalue weighted by Gasteiger charge is -2.23. The molecule has 0 amide bonds. The van der Waals surface area contributed by atoms with E-state index in [0.717, 1.165) is 36.8 Å². The Hall–Kier alpha value is -2.82. The average molecular weight is 370 g/mol. The van der Waals surface area contributed by atoms with E-state index in [1.165, 1.54) is 11.1 Å². The quantitative estimate of drug-likeness (QED) is 0.783. The predicted octanol–water partition coefficient (Wildman–Crippen LogP) is 4.91. The lowest BCUT2D eigenvalue weighted by atomic mass is 9.83. The summed E-state index contributed by atoms with van der Waals surface area (Å²) in [7, 11) is 6.40. The Morgan fingerprint density at radius 1 is 0.667 bits per heavy atom. The summed E-state index contributed by atoms with van der Waals surface area (Å²) in [4.78, 5) is 0. The number of phenolic OH excluding ortho intramolecular Hbond substituents is 1. The van der Waals surface area contributed by atoms with Crippen molar-refractivity contribution >= 4 is 11.1 Å². The number of aromatic hydroxyl groups is 1. The van der Waals surface area contributed by atoms with Crippen molar-refractivity contribution in [1.29, 1.82) is 0 Å². The van der Waals surface area contributed by atoms with Gasteiger partial charge in [0.2, 0.25) is 5.75 Å². The van der Waals surface area contributed by atoms with Crippen molar-refractivity contribution < 1.29 is 24.1 Å². The van der Waals surface area contributed by atoms with Crippen molar-refractivity contribution in [2.45, 2.75) is 25.7 Å². The first kappa shape index (κ1) is 19.0. The molecule has 2 aromatic rings. The van der Waals surface area contributed by atoms with Crippen LogP contribution in [0, 0.1) is 0 Å². The maximum Gasteiger partial charge on any atom is 0.203 e. The van der Waals surface area contributed by atoms with Crippen molar-refractivity contribution in [1.82, 2.24) is 0 Å². The molecule has 0 atom stereocenters. The van der Waals surface area contributed by atoms with Crippen molar-refractivity contribution in [3.63, 3.8) is 0 Å². The fraction of sp³-hybridized carbons (Fsp3) is 0.364. The smallest absolute Gasteiger partial charge is 0.203 e. The van der Waals surface area contributed by atoms with Crippen LogP contribution in [0.5, 0.6) is 28.7 Å². The molecule has 0 bridgehead atoms. The monoisotopic (exact) mass is 370 g/mol. The third-order valence-corrected chi connectivity index (χ3v) is 5.01. The van der Waals surface area contributed by atoms with Gasteiger partial charge in [0, 0.05) is 0 Å². The zero-order valence-electron chi connectivity index (χ0n) is 16.3. The molecule has 5 nitrogen and oxygen atoms in total.